The molecule has 1 saturated heterocycles. The van der Waals surface area contributed by atoms with E-state index in [9.17, 15) is 4.79 Å². The van der Waals surface area contributed by atoms with Crippen molar-refractivity contribution in [3.63, 3.8) is 0 Å². The van der Waals surface area contributed by atoms with Gasteiger partial charge in [-0.15, -0.1) is 0 Å². The monoisotopic (exact) mass is 311 g/mol. The zero-order chi connectivity index (χ0) is 15.8. The molecule has 0 spiro atoms. The van der Waals surface area contributed by atoms with Crippen LogP contribution >= 0.6 is 0 Å². The number of amides is 1. The third-order valence-electron chi connectivity index (χ3n) is 4.88. The summed E-state index contributed by atoms with van der Waals surface area (Å²) in [6, 6.07) is 9.95. The van der Waals surface area contributed by atoms with Gasteiger partial charge >= 0.3 is 0 Å². The minimum absolute atomic E-state index is 0.161. The first kappa shape index (κ1) is 14.3. The number of aromatic amines is 1. The largest absolute Gasteiger partial charge is 0.492 e. The molecule has 2 unspecified atom stereocenters. The van der Waals surface area contributed by atoms with Crippen molar-refractivity contribution in [3.05, 3.63) is 47.3 Å². The van der Waals surface area contributed by atoms with Crippen molar-refractivity contribution in [2.75, 3.05) is 19.7 Å². The van der Waals surface area contributed by atoms with E-state index in [1.807, 2.05) is 36.1 Å². The van der Waals surface area contributed by atoms with Crippen LogP contribution in [0.15, 0.2) is 30.3 Å². The van der Waals surface area contributed by atoms with Gasteiger partial charge in [0.1, 0.15) is 18.3 Å². The van der Waals surface area contributed by atoms with Gasteiger partial charge in [0.2, 0.25) is 5.91 Å². The number of carbonyl (C=O) groups is 1. The molecule has 2 aliphatic rings. The number of ether oxygens (including phenoxy) is 1. The number of nitrogens with zero attached hydrogens (tertiary/aromatic N) is 2. The number of hydrogen-bond acceptors (Lipinski definition) is 3. The van der Waals surface area contributed by atoms with Crippen molar-refractivity contribution in [2.24, 2.45) is 0 Å². The first-order valence-electron chi connectivity index (χ1n) is 8.25. The van der Waals surface area contributed by atoms with Crippen LogP contribution in [0.5, 0.6) is 5.75 Å². The molecule has 2 aromatic rings. The highest BCUT2D eigenvalue weighted by molar-refractivity contribution is 5.85. The van der Waals surface area contributed by atoms with Crippen molar-refractivity contribution in [1.29, 1.82) is 0 Å². The standard InChI is InChI=1S/C18H21N3O2/c1-12-9-16(20-19-12)13-5-4-8-21(10-13)18(22)15-11-23-17-7-3-2-6-14(15)17/h2-3,6-7,9,13,15H,4-5,8,10-11H2,1H3,(H,19,20). The lowest BCUT2D eigenvalue weighted by Crippen LogP contribution is -2.42. The number of fused-ring (bicyclic) bond motifs is 1. The third-order valence-corrected chi connectivity index (χ3v) is 4.88. The number of piperidine rings is 1. The van der Waals surface area contributed by atoms with Gasteiger partial charge in [0, 0.05) is 30.3 Å². The Bertz CT molecular complexity index is 725. The summed E-state index contributed by atoms with van der Waals surface area (Å²) in [5, 5.41) is 7.38. The van der Waals surface area contributed by atoms with Crippen molar-refractivity contribution >= 4 is 5.91 Å². The lowest BCUT2D eigenvalue weighted by atomic mass is 9.92. The van der Waals surface area contributed by atoms with Crippen LogP contribution in [-0.4, -0.2) is 40.7 Å². The van der Waals surface area contributed by atoms with Crippen LogP contribution in [0.4, 0.5) is 0 Å². The number of likely N-dealkylation sites (tertiary alicyclic amines) is 1. The number of aryl methyl sites for hydroxylation is 1. The van der Waals surface area contributed by atoms with E-state index in [-0.39, 0.29) is 11.8 Å². The van der Waals surface area contributed by atoms with Gasteiger partial charge in [-0.2, -0.15) is 5.10 Å². The molecule has 1 aromatic heterocycles. The Morgan fingerprint density at radius 2 is 2.26 bits per heavy atom. The first-order chi connectivity index (χ1) is 11.2. The number of benzene rings is 1. The average molecular weight is 311 g/mol. The predicted octanol–water partition coefficient (Wildman–Crippen LogP) is 2.60. The summed E-state index contributed by atoms with van der Waals surface area (Å²) in [7, 11) is 0. The van der Waals surface area contributed by atoms with Crippen LogP contribution in [0.25, 0.3) is 0 Å². The molecule has 23 heavy (non-hydrogen) atoms. The Labute approximate surface area is 135 Å². The number of aromatic nitrogens is 2. The summed E-state index contributed by atoms with van der Waals surface area (Å²) in [4.78, 5) is 15.0. The molecule has 5 nitrogen and oxygen atoms in total. The van der Waals surface area contributed by atoms with Gasteiger partial charge < -0.3 is 9.64 Å². The number of H-pyrrole nitrogens is 1. The number of carbonyl (C=O) groups excluding carboxylic acids is 1. The zero-order valence-corrected chi connectivity index (χ0v) is 13.3. The summed E-state index contributed by atoms with van der Waals surface area (Å²) in [5.41, 5.74) is 3.17. The average Bonchev–Trinajstić information content (AvgIpc) is 3.20. The Balaban J connectivity index is 1.51. The van der Waals surface area contributed by atoms with Crippen LogP contribution in [-0.2, 0) is 4.79 Å². The van der Waals surface area contributed by atoms with Gasteiger partial charge in [0.25, 0.3) is 0 Å². The zero-order valence-electron chi connectivity index (χ0n) is 13.3. The minimum atomic E-state index is -0.161. The van der Waals surface area contributed by atoms with Gasteiger partial charge in [0.05, 0.1) is 5.69 Å². The molecule has 1 amide bonds. The Kier molecular flexibility index (Phi) is 3.56. The summed E-state index contributed by atoms with van der Waals surface area (Å²) < 4.78 is 5.67. The van der Waals surface area contributed by atoms with Gasteiger partial charge in [-0.05, 0) is 31.9 Å². The maximum absolute atomic E-state index is 13.0. The summed E-state index contributed by atoms with van der Waals surface area (Å²) >= 11 is 0. The maximum atomic E-state index is 13.0. The van der Waals surface area contributed by atoms with Gasteiger partial charge in [-0.1, -0.05) is 18.2 Å². The fraction of sp³-hybridized carbons (Fsp3) is 0.444. The molecule has 3 heterocycles. The van der Waals surface area contributed by atoms with E-state index >= 15 is 0 Å². The SMILES string of the molecule is Cc1cc(C2CCCN(C(=O)C3COc4ccccc43)C2)n[nH]1. The predicted molar refractivity (Wildman–Crippen MR) is 86.6 cm³/mol. The minimum Gasteiger partial charge on any atom is -0.492 e. The van der Waals surface area contributed by atoms with E-state index in [4.69, 9.17) is 4.74 Å². The van der Waals surface area contributed by atoms with E-state index in [1.165, 1.54) is 0 Å². The molecule has 2 atom stereocenters. The second kappa shape index (κ2) is 5.72. The van der Waals surface area contributed by atoms with E-state index in [0.29, 0.717) is 12.5 Å². The topological polar surface area (TPSA) is 58.2 Å². The van der Waals surface area contributed by atoms with Crippen LogP contribution in [0.1, 0.15) is 41.6 Å². The fourth-order valence-corrected chi connectivity index (χ4v) is 3.65. The highest BCUT2D eigenvalue weighted by Gasteiger charge is 2.35. The van der Waals surface area contributed by atoms with E-state index in [0.717, 1.165) is 48.6 Å². The Morgan fingerprint density at radius 3 is 3.09 bits per heavy atom. The molecule has 0 bridgehead atoms. The first-order valence-corrected chi connectivity index (χ1v) is 8.25. The maximum Gasteiger partial charge on any atom is 0.233 e. The second-order valence-electron chi connectivity index (χ2n) is 6.50. The molecule has 120 valence electrons. The van der Waals surface area contributed by atoms with Gasteiger partial charge in [0.15, 0.2) is 0 Å². The lowest BCUT2D eigenvalue weighted by molar-refractivity contribution is -0.134. The highest BCUT2D eigenvalue weighted by Crippen LogP contribution is 2.36. The third kappa shape index (κ3) is 2.60. The van der Waals surface area contributed by atoms with Crippen molar-refractivity contribution < 1.29 is 9.53 Å². The molecule has 2 aliphatic heterocycles. The molecule has 0 radical (unpaired) electrons. The van der Waals surface area contributed by atoms with Crippen molar-refractivity contribution in [1.82, 2.24) is 15.1 Å². The fourth-order valence-electron chi connectivity index (χ4n) is 3.65. The number of nitrogens with one attached hydrogen (secondary N) is 1. The quantitative estimate of drug-likeness (QED) is 0.927. The van der Waals surface area contributed by atoms with Crippen molar-refractivity contribution in [2.45, 2.75) is 31.6 Å². The number of rotatable bonds is 2. The normalized spacial score (nSPS) is 23.4. The Morgan fingerprint density at radius 1 is 1.39 bits per heavy atom. The molecule has 4 rings (SSSR count). The van der Waals surface area contributed by atoms with Gasteiger partial charge in [-0.25, -0.2) is 0 Å². The van der Waals surface area contributed by atoms with Crippen LogP contribution in [0, 0.1) is 6.92 Å². The molecule has 0 saturated carbocycles. The summed E-state index contributed by atoms with van der Waals surface area (Å²) in [6.07, 6.45) is 2.11. The molecular formula is C18H21N3O2. The summed E-state index contributed by atoms with van der Waals surface area (Å²) in [6.45, 7) is 4.05. The molecule has 1 fully saturated rings. The Hall–Kier alpha value is -2.30. The molecule has 5 heteroatoms. The molecule has 1 N–H and O–H groups in total. The highest BCUT2D eigenvalue weighted by atomic mass is 16.5. The smallest absolute Gasteiger partial charge is 0.233 e. The number of hydrogen-bond donors (Lipinski definition) is 1. The van der Waals surface area contributed by atoms with E-state index in [1.54, 1.807) is 0 Å². The van der Waals surface area contributed by atoms with Crippen LogP contribution in [0.2, 0.25) is 0 Å². The van der Waals surface area contributed by atoms with Crippen molar-refractivity contribution in [3.8, 4) is 5.75 Å². The van der Waals surface area contributed by atoms with E-state index < -0.39 is 0 Å². The lowest BCUT2D eigenvalue weighted by Gasteiger charge is -2.33. The number of para-hydroxylation sites is 1. The van der Waals surface area contributed by atoms with Crippen LogP contribution < -0.4 is 4.74 Å². The van der Waals surface area contributed by atoms with E-state index in [2.05, 4.69) is 16.3 Å². The molecule has 0 aliphatic carbocycles. The van der Waals surface area contributed by atoms with Crippen LogP contribution in [0.3, 0.4) is 0 Å². The molecular weight excluding hydrogens is 290 g/mol. The van der Waals surface area contributed by atoms with Gasteiger partial charge in [-0.3, -0.25) is 9.89 Å². The molecule has 1 aromatic carbocycles. The summed E-state index contributed by atoms with van der Waals surface area (Å²) in [5.74, 6) is 1.20. The second-order valence-corrected chi connectivity index (χ2v) is 6.50.